The van der Waals surface area contributed by atoms with Gasteiger partial charge in [-0.25, -0.2) is 4.39 Å². The fourth-order valence-corrected chi connectivity index (χ4v) is 8.38. The first-order valence-electron chi connectivity index (χ1n) is 11.6. The molecule has 154 valence electrons. The van der Waals surface area contributed by atoms with Crippen LogP contribution in [0.5, 0.6) is 0 Å². The van der Waals surface area contributed by atoms with E-state index in [1.165, 1.54) is 58.5 Å². The van der Waals surface area contributed by atoms with Crippen LogP contribution in [0.25, 0.3) is 0 Å². The van der Waals surface area contributed by atoms with Gasteiger partial charge in [-0.05, 0) is 98.2 Å². The molecule has 27 heavy (non-hydrogen) atoms. The minimum absolute atomic E-state index is 0.0919. The largest absolute Gasteiger partial charge is 0.469 e. The normalized spacial score (nSPS) is 49.0. The van der Waals surface area contributed by atoms with Gasteiger partial charge in [0.2, 0.25) is 0 Å². The summed E-state index contributed by atoms with van der Waals surface area (Å²) < 4.78 is 20.3. The molecule has 4 rings (SSSR count). The molecule has 4 aliphatic rings. The summed E-state index contributed by atoms with van der Waals surface area (Å²) in [4.78, 5) is 11.5. The van der Waals surface area contributed by atoms with Crippen molar-refractivity contribution >= 4 is 5.97 Å². The van der Waals surface area contributed by atoms with Crippen molar-refractivity contribution < 1.29 is 13.9 Å². The lowest BCUT2D eigenvalue weighted by Gasteiger charge is -2.61. The van der Waals surface area contributed by atoms with Gasteiger partial charge in [-0.3, -0.25) is 4.79 Å². The molecule has 0 aromatic carbocycles. The summed E-state index contributed by atoms with van der Waals surface area (Å²) >= 11 is 0. The number of halogens is 1. The van der Waals surface area contributed by atoms with Crippen molar-refractivity contribution in [2.24, 2.45) is 40.4 Å². The Balaban J connectivity index is 1.49. The summed E-state index contributed by atoms with van der Waals surface area (Å²) in [5.41, 5.74) is 0.690. The van der Waals surface area contributed by atoms with Crippen LogP contribution in [-0.4, -0.2) is 19.3 Å². The molecule has 0 aromatic rings. The van der Waals surface area contributed by atoms with Crippen LogP contribution >= 0.6 is 0 Å². The third kappa shape index (κ3) is 3.15. The number of alkyl halides is 1. The fraction of sp³-hybridized carbons (Fsp3) is 0.958. The molecule has 2 nitrogen and oxygen atoms in total. The molecule has 0 aromatic heterocycles. The van der Waals surface area contributed by atoms with Crippen molar-refractivity contribution in [3.8, 4) is 0 Å². The molecule has 0 radical (unpaired) electrons. The van der Waals surface area contributed by atoms with Gasteiger partial charge in [-0.1, -0.05) is 26.7 Å². The number of carbonyl (C=O) groups is 1. The highest BCUT2D eigenvalue weighted by Gasteiger charge is 2.62. The van der Waals surface area contributed by atoms with Crippen LogP contribution in [0, 0.1) is 40.4 Å². The monoisotopic (exact) mass is 378 g/mol. The molecule has 3 heteroatoms. The van der Waals surface area contributed by atoms with E-state index in [0.29, 0.717) is 46.8 Å². The highest BCUT2D eigenvalue weighted by molar-refractivity contribution is 5.68. The van der Waals surface area contributed by atoms with Gasteiger partial charge in [0.15, 0.2) is 0 Å². The summed E-state index contributed by atoms with van der Waals surface area (Å²) in [6.45, 7) is 4.98. The number of fused-ring (bicyclic) bond motifs is 5. The Bertz CT molecular complexity index is 563. The average molecular weight is 379 g/mol. The Kier molecular flexibility index (Phi) is 5.35. The van der Waals surface area contributed by atoms with E-state index in [1.54, 1.807) is 0 Å². The van der Waals surface area contributed by atoms with Gasteiger partial charge in [0.05, 0.1) is 7.11 Å². The maximum atomic E-state index is 15.5. The first kappa shape index (κ1) is 19.7. The predicted molar refractivity (Wildman–Crippen MR) is 106 cm³/mol. The van der Waals surface area contributed by atoms with Gasteiger partial charge in [0.25, 0.3) is 0 Å². The molecule has 0 saturated heterocycles. The minimum atomic E-state index is -0.579. The van der Waals surface area contributed by atoms with E-state index in [-0.39, 0.29) is 5.97 Å². The molecule has 0 N–H and O–H groups in total. The zero-order valence-electron chi connectivity index (χ0n) is 17.6. The molecule has 0 amide bonds. The number of methoxy groups -OCH3 is 1. The quantitative estimate of drug-likeness (QED) is 0.535. The van der Waals surface area contributed by atoms with Crippen LogP contribution in [-0.2, 0) is 9.53 Å². The maximum Gasteiger partial charge on any atom is 0.305 e. The Morgan fingerprint density at radius 3 is 2.59 bits per heavy atom. The second kappa shape index (κ2) is 7.34. The topological polar surface area (TPSA) is 26.3 Å². The molecule has 7 unspecified atom stereocenters. The summed E-state index contributed by atoms with van der Waals surface area (Å²) in [7, 11) is 1.47. The Morgan fingerprint density at radius 2 is 1.81 bits per heavy atom. The molecule has 8 atom stereocenters. The van der Waals surface area contributed by atoms with Gasteiger partial charge < -0.3 is 4.74 Å². The van der Waals surface area contributed by atoms with Gasteiger partial charge in [0, 0.05) is 6.42 Å². The van der Waals surface area contributed by atoms with Crippen molar-refractivity contribution in [2.45, 2.75) is 97.1 Å². The van der Waals surface area contributed by atoms with Gasteiger partial charge >= 0.3 is 5.97 Å². The average Bonchev–Trinajstić information content (AvgIpc) is 2.98. The van der Waals surface area contributed by atoms with E-state index in [4.69, 9.17) is 4.74 Å². The Labute approximate surface area is 165 Å². The summed E-state index contributed by atoms with van der Waals surface area (Å²) in [6.07, 6.45) is 13.0. The molecular weight excluding hydrogens is 339 g/mol. The van der Waals surface area contributed by atoms with Gasteiger partial charge in [-0.15, -0.1) is 0 Å². The number of hydrogen-bond acceptors (Lipinski definition) is 2. The van der Waals surface area contributed by atoms with Crippen molar-refractivity contribution in [2.75, 3.05) is 7.11 Å². The van der Waals surface area contributed by atoms with E-state index in [2.05, 4.69) is 13.8 Å². The van der Waals surface area contributed by atoms with E-state index in [9.17, 15) is 4.79 Å². The lowest BCUT2D eigenvalue weighted by Crippen LogP contribution is -2.56. The lowest BCUT2D eigenvalue weighted by molar-refractivity contribution is -0.144. The summed E-state index contributed by atoms with van der Waals surface area (Å²) in [5.74, 6) is 2.67. The zero-order chi connectivity index (χ0) is 19.2. The van der Waals surface area contributed by atoms with Crippen molar-refractivity contribution in [3.63, 3.8) is 0 Å². The standard InChI is InChI=1S/C24H39FO2/c1-23-13-5-4-7-17(23)15-20(25)22-18-11-10-16(8-6-9-21(26)27-3)24(18,2)14-12-19(22)23/h16-20,22H,4-15H2,1-3H3/t16?,17?,18?,19?,20?,22?,23-,24?/m0/s1. The lowest BCUT2D eigenvalue weighted by atomic mass is 9.44. The highest BCUT2D eigenvalue weighted by Crippen LogP contribution is 2.68. The number of carbonyl (C=O) groups excluding carboxylic acids is 1. The fourth-order valence-electron chi connectivity index (χ4n) is 8.38. The molecule has 4 saturated carbocycles. The van der Waals surface area contributed by atoms with Crippen LogP contribution in [0.15, 0.2) is 0 Å². The molecule has 4 aliphatic carbocycles. The number of hydrogen-bond donors (Lipinski definition) is 0. The summed E-state index contributed by atoms with van der Waals surface area (Å²) in [6, 6.07) is 0. The molecule has 0 spiro atoms. The molecule has 4 fully saturated rings. The van der Waals surface area contributed by atoms with Crippen LogP contribution in [0.4, 0.5) is 4.39 Å². The molecule has 0 aliphatic heterocycles. The summed E-state index contributed by atoms with van der Waals surface area (Å²) in [5, 5.41) is 0. The van der Waals surface area contributed by atoms with Crippen LogP contribution in [0.1, 0.15) is 90.9 Å². The highest BCUT2D eigenvalue weighted by atomic mass is 19.1. The maximum absolute atomic E-state index is 15.5. The van der Waals surface area contributed by atoms with Crippen LogP contribution in [0.2, 0.25) is 0 Å². The van der Waals surface area contributed by atoms with E-state index >= 15 is 4.39 Å². The number of rotatable bonds is 4. The molecule has 0 heterocycles. The number of ether oxygens (including phenoxy) is 1. The van der Waals surface area contributed by atoms with E-state index in [1.807, 2.05) is 0 Å². The minimum Gasteiger partial charge on any atom is -0.469 e. The Morgan fingerprint density at radius 1 is 1.04 bits per heavy atom. The van der Waals surface area contributed by atoms with E-state index in [0.717, 1.165) is 19.3 Å². The van der Waals surface area contributed by atoms with Crippen molar-refractivity contribution in [1.29, 1.82) is 0 Å². The van der Waals surface area contributed by atoms with Crippen molar-refractivity contribution in [1.82, 2.24) is 0 Å². The molecular formula is C24H39FO2. The second-order valence-corrected chi connectivity index (χ2v) is 10.8. The number of esters is 1. The SMILES string of the molecule is COC(=O)CCCC1CCC2C3C(F)CC4CCCC[C@]4(C)C3CCC12C. The van der Waals surface area contributed by atoms with Gasteiger partial charge in [0.1, 0.15) is 6.17 Å². The van der Waals surface area contributed by atoms with Crippen molar-refractivity contribution in [3.05, 3.63) is 0 Å². The van der Waals surface area contributed by atoms with Gasteiger partial charge in [-0.2, -0.15) is 0 Å². The predicted octanol–water partition coefficient (Wildman–Crippen LogP) is 6.33. The third-order valence-corrected chi connectivity index (χ3v) is 9.92. The first-order valence-corrected chi connectivity index (χ1v) is 11.6. The second-order valence-electron chi connectivity index (χ2n) is 10.8. The Hall–Kier alpha value is -0.600. The van der Waals surface area contributed by atoms with Crippen LogP contribution in [0.3, 0.4) is 0 Å². The smallest absolute Gasteiger partial charge is 0.305 e. The zero-order valence-corrected chi connectivity index (χ0v) is 17.6. The van der Waals surface area contributed by atoms with Crippen LogP contribution < -0.4 is 0 Å². The molecule has 0 bridgehead atoms. The van der Waals surface area contributed by atoms with E-state index < -0.39 is 6.17 Å². The first-order chi connectivity index (χ1) is 12.9. The third-order valence-electron chi connectivity index (χ3n) is 9.92.